The van der Waals surface area contributed by atoms with Crippen molar-refractivity contribution < 1.29 is 9.47 Å². The summed E-state index contributed by atoms with van der Waals surface area (Å²) in [4.78, 5) is 7.24. The number of methoxy groups -OCH3 is 1. The second-order valence-corrected chi connectivity index (χ2v) is 7.44. The Hall–Kier alpha value is -2.64. The van der Waals surface area contributed by atoms with Gasteiger partial charge in [-0.2, -0.15) is 9.61 Å². The zero-order chi connectivity index (χ0) is 20.2. The molecule has 154 valence electrons. The monoisotopic (exact) mass is 395 g/mol. The molecule has 7 heteroatoms. The normalized spacial score (nSPS) is 15.0. The first kappa shape index (κ1) is 19.7. The third kappa shape index (κ3) is 4.36. The highest BCUT2D eigenvalue weighted by molar-refractivity contribution is 5.81. The lowest BCUT2D eigenvalue weighted by Gasteiger charge is -2.26. The molecule has 0 radical (unpaired) electrons. The van der Waals surface area contributed by atoms with Gasteiger partial charge >= 0.3 is 0 Å². The summed E-state index contributed by atoms with van der Waals surface area (Å²) in [6, 6.07) is 10.1. The number of fused-ring (bicyclic) bond motifs is 1. The molecular formula is C22H29N5O2. The lowest BCUT2D eigenvalue weighted by Crippen LogP contribution is -2.37. The summed E-state index contributed by atoms with van der Waals surface area (Å²) in [7, 11) is 1.68. The zero-order valence-corrected chi connectivity index (χ0v) is 17.4. The Morgan fingerprint density at radius 3 is 2.62 bits per heavy atom. The SMILES string of the molecule is COc1ccc(-c2c(C)nn3c(NCCCN4CCOCC4)cc(C)nc23)cc1. The van der Waals surface area contributed by atoms with Crippen LogP contribution in [0.25, 0.3) is 16.8 Å². The summed E-state index contributed by atoms with van der Waals surface area (Å²) in [6.07, 6.45) is 1.08. The zero-order valence-electron chi connectivity index (χ0n) is 17.4. The van der Waals surface area contributed by atoms with Gasteiger partial charge in [0.1, 0.15) is 11.6 Å². The molecule has 0 aliphatic carbocycles. The van der Waals surface area contributed by atoms with E-state index in [9.17, 15) is 0 Å². The molecule has 1 aliphatic heterocycles. The van der Waals surface area contributed by atoms with E-state index in [-0.39, 0.29) is 0 Å². The molecule has 0 amide bonds. The highest BCUT2D eigenvalue weighted by atomic mass is 16.5. The van der Waals surface area contributed by atoms with Crippen LogP contribution in [0, 0.1) is 13.8 Å². The molecule has 0 atom stereocenters. The van der Waals surface area contributed by atoms with E-state index in [4.69, 9.17) is 19.6 Å². The minimum absolute atomic E-state index is 0.842. The Morgan fingerprint density at radius 1 is 1.14 bits per heavy atom. The third-order valence-electron chi connectivity index (χ3n) is 5.33. The Kier molecular flexibility index (Phi) is 5.97. The van der Waals surface area contributed by atoms with E-state index in [2.05, 4.69) is 28.4 Å². The fraction of sp³-hybridized carbons (Fsp3) is 0.455. The predicted molar refractivity (Wildman–Crippen MR) is 115 cm³/mol. The van der Waals surface area contributed by atoms with Crippen molar-refractivity contribution >= 4 is 11.5 Å². The highest BCUT2D eigenvalue weighted by Crippen LogP contribution is 2.30. The number of rotatable bonds is 7. The number of nitrogens with zero attached hydrogens (tertiary/aromatic N) is 4. The van der Waals surface area contributed by atoms with Crippen LogP contribution < -0.4 is 10.1 Å². The molecule has 1 aliphatic rings. The van der Waals surface area contributed by atoms with E-state index >= 15 is 0 Å². The van der Waals surface area contributed by atoms with Crippen molar-refractivity contribution in [2.45, 2.75) is 20.3 Å². The summed E-state index contributed by atoms with van der Waals surface area (Å²) >= 11 is 0. The Balaban J connectivity index is 1.53. The third-order valence-corrected chi connectivity index (χ3v) is 5.33. The number of hydrogen-bond donors (Lipinski definition) is 1. The number of aryl methyl sites for hydroxylation is 2. The molecule has 4 rings (SSSR count). The highest BCUT2D eigenvalue weighted by Gasteiger charge is 2.16. The van der Waals surface area contributed by atoms with Crippen LogP contribution in [0.5, 0.6) is 5.75 Å². The number of hydrogen-bond acceptors (Lipinski definition) is 6. The minimum atomic E-state index is 0.842. The van der Waals surface area contributed by atoms with Crippen LogP contribution in [0.15, 0.2) is 30.3 Å². The van der Waals surface area contributed by atoms with Gasteiger partial charge in [0.15, 0.2) is 5.65 Å². The van der Waals surface area contributed by atoms with Gasteiger partial charge in [-0.3, -0.25) is 4.90 Å². The Morgan fingerprint density at radius 2 is 1.90 bits per heavy atom. The van der Waals surface area contributed by atoms with Gasteiger partial charge in [0.05, 0.1) is 26.0 Å². The molecule has 2 aromatic heterocycles. The summed E-state index contributed by atoms with van der Waals surface area (Å²) < 4.78 is 12.6. The molecule has 7 nitrogen and oxygen atoms in total. The van der Waals surface area contributed by atoms with Crippen molar-refractivity contribution in [3.05, 3.63) is 41.7 Å². The first-order chi connectivity index (χ1) is 14.2. The molecule has 3 heterocycles. The van der Waals surface area contributed by atoms with Gasteiger partial charge in [-0.05, 0) is 44.5 Å². The molecule has 1 N–H and O–H groups in total. The topological polar surface area (TPSA) is 63.9 Å². The van der Waals surface area contributed by atoms with E-state index in [1.807, 2.05) is 30.5 Å². The predicted octanol–water partition coefficient (Wildman–Crippen LogP) is 3.16. The minimum Gasteiger partial charge on any atom is -0.497 e. The van der Waals surface area contributed by atoms with Crippen LogP contribution in [-0.2, 0) is 4.74 Å². The van der Waals surface area contributed by atoms with Crippen LogP contribution in [0.2, 0.25) is 0 Å². The van der Waals surface area contributed by atoms with E-state index in [1.165, 1.54) is 0 Å². The molecular weight excluding hydrogens is 366 g/mol. The summed E-state index contributed by atoms with van der Waals surface area (Å²) in [6.45, 7) is 9.79. The van der Waals surface area contributed by atoms with Gasteiger partial charge in [0.2, 0.25) is 0 Å². The van der Waals surface area contributed by atoms with Crippen LogP contribution in [0.4, 0.5) is 5.82 Å². The van der Waals surface area contributed by atoms with E-state index < -0.39 is 0 Å². The average molecular weight is 396 g/mol. The van der Waals surface area contributed by atoms with E-state index in [1.54, 1.807) is 7.11 Å². The standard InChI is InChI=1S/C22H29N5O2/c1-16-15-20(23-9-4-10-26-11-13-29-14-12-26)27-22(24-16)21(17(2)25-27)18-5-7-19(28-3)8-6-18/h5-8,15,23H,4,9-14H2,1-3H3. The van der Waals surface area contributed by atoms with Crippen LogP contribution >= 0.6 is 0 Å². The van der Waals surface area contributed by atoms with Crippen LogP contribution in [-0.4, -0.2) is 66.0 Å². The first-order valence-electron chi connectivity index (χ1n) is 10.2. The van der Waals surface area contributed by atoms with Crippen LogP contribution in [0.1, 0.15) is 17.8 Å². The fourth-order valence-corrected chi connectivity index (χ4v) is 3.81. The molecule has 1 saturated heterocycles. The lowest BCUT2D eigenvalue weighted by atomic mass is 10.1. The van der Waals surface area contributed by atoms with Crippen molar-refractivity contribution in [2.24, 2.45) is 0 Å². The first-order valence-corrected chi connectivity index (χ1v) is 10.2. The smallest absolute Gasteiger partial charge is 0.165 e. The van der Waals surface area contributed by atoms with Crippen molar-refractivity contribution in [2.75, 3.05) is 51.8 Å². The second-order valence-electron chi connectivity index (χ2n) is 7.44. The van der Waals surface area contributed by atoms with Gasteiger partial charge in [-0.25, -0.2) is 4.98 Å². The molecule has 29 heavy (non-hydrogen) atoms. The summed E-state index contributed by atoms with van der Waals surface area (Å²) in [5.41, 5.74) is 4.97. The molecule has 1 fully saturated rings. The molecule has 0 bridgehead atoms. The number of aromatic nitrogens is 3. The number of nitrogens with one attached hydrogen (secondary N) is 1. The number of morpholine rings is 1. The fourth-order valence-electron chi connectivity index (χ4n) is 3.81. The van der Waals surface area contributed by atoms with Gasteiger partial charge in [-0.15, -0.1) is 0 Å². The maximum absolute atomic E-state index is 5.42. The van der Waals surface area contributed by atoms with Gasteiger partial charge in [0.25, 0.3) is 0 Å². The van der Waals surface area contributed by atoms with E-state index in [0.29, 0.717) is 0 Å². The molecule has 0 saturated carbocycles. The average Bonchev–Trinajstić information content (AvgIpc) is 3.07. The van der Waals surface area contributed by atoms with Crippen molar-refractivity contribution in [1.82, 2.24) is 19.5 Å². The van der Waals surface area contributed by atoms with Crippen LogP contribution in [0.3, 0.4) is 0 Å². The van der Waals surface area contributed by atoms with Gasteiger partial charge < -0.3 is 14.8 Å². The van der Waals surface area contributed by atoms with Crippen molar-refractivity contribution in [3.63, 3.8) is 0 Å². The number of benzene rings is 1. The van der Waals surface area contributed by atoms with E-state index in [0.717, 1.165) is 85.5 Å². The molecule has 3 aromatic rings. The largest absolute Gasteiger partial charge is 0.497 e. The number of ether oxygens (including phenoxy) is 2. The quantitative estimate of drug-likeness (QED) is 0.620. The Bertz CT molecular complexity index is 961. The number of anilines is 1. The maximum Gasteiger partial charge on any atom is 0.165 e. The molecule has 1 aromatic carbocycles. The summed E-state index contributed by atoms with van der Waals surface area (Å²) in [5, 5.41) is 8.34. The molecule has 0 spiro atoms. The molecule has 0 unspecified atom stereocenters. The second kappa shape index (κ2) is 8.80. The summed E-state index contributed by atoms with van der Waals surface area (Å²) in [5.74, 6) is 1.83. The van der Waals surface area contributed by atoms with Crippen molar-refractivity contribution in [1.29, 1.82) is 0 Å². The Labute approximate surface area is 171 Å². The van der Waals surface area contributed by atoms with Crippen molar-refractivity contribution in [3.8, 4) is 16.9 Å². The van der Waals surface area contributed by atoms with Gasteiger partial charge in [-0.1, -0.05) is 12.1 Å². The maximum atomic E-state index is 5.42. The lowest BCUT2D eigenvalue weighted by molar-refractivity contribution is 0.0378. The van der Waals surface area contributed by atoms with Gasteiger partial charge in [0, 0.05) is 37.0 Å².